The minimum Gasteiger partial charge on any atom is -0.322 e. The van der Waals surface area contributed by atoms with Gasteiger partial charge in [-0.3, -0.25) is 4.90 Å². The summed E-state index contributed by atoms with van der Waals surface area (Å²) in [5, 5.41) is 0. The van der Waals surface area contributed by atoms with Crippen molar-refractivity contribution in [1.82, 2.24) is 4.90 Å². The van der Waals surface area contributed by atoms with E-state index in [2.05, 4.69) is 86.5 Å². The lowest BCUT2D eigenvalue weighted by Crippen LogP contribution is -2.53. The number of nitrogens with zero attached hydrogens (tertiary/aromatic N) is 1. The minimum atomic E-state index is -0.0219. The predicted molar refractivity (Wildman–Crippen MR) is 99.2 cm³/mol. The van der Waals surface area contributed by atoms with Crippen LogP contribution >= 0.6 is 0 Å². The zero-order chi connectivity index (χ0) is 16.7. The average Bonchev–Trinajstić information content (AvgIpc) is 2.60. The second-order valence-corrected chi connectivity index (χ2v) is 6.44. The van der Waals surface area contributed by atoms with Crippen LogP contribution in [0.25, 0.3) is 0 Å². The van der Waals surface area contributed by atoms with Gasteiger partial charge in [0, 0.05) is 18.1 Å². The Morgan fingerprint density at radius 1 is 0.957 bits per heavy atom. The van der Waals surface area contributed by atoms with Crippen molar-refractivity contribution in [3.8, 4) is 0 Å². The Labute approximate surface area is 141 Å². The van der Waals surface area contributed by atoms with E-state index < -0.39 is 0 Å². The number of nitrogens with two attached hydrogens (primary N) is 1. The highest BCUT2D eigenvalue weighted by Gasteiger charge is 2.38. The summed E-state index contributed by atoms with van der Waals surface area (Å²) in [5.41, 5.74) is 9.32. The third kappa shape index (κ3) is 4.01. The molecule has 2 N–H and O–H groups in total. The van der Waals surface area contributed by atoms with Gasteiger partial charge in [-0.25, -0.2) is 0 Å². The SMILES string of the molecule is CCCC(CC)(C(N)c1ccccc1)N(C)Cc1ccccc1. The molecule has 0 aliphatic carbocycles. The van der Waals surface area contributed by atoms with E-state index in [1.807, 2.05) is 0 Å². The first-order chi connectivity index (χ1) is 11.1. The molecule has 2 rings (SSSR count). The molecule has 0 aliphatic rings. The average molecular weight is 310 g/mol. The van der Waals surface area contributed by atoms with Gasteiger partial charge in [-0.2, -0.15) is 0 Å². The molecule has 2 aromatic rings. The molecule has 124 valence electrons. The fraction of sp³-hybridized carbons (Fsp3) is 0.429. The second-order valence-electron chi connectivity index (χ2n) is 6.44. The molecule has 0 saturated carbocycles. The number of rotatable bonds is 8. The summed E-state index contributed by atoms with van der Waals surface area (Å²) in [6, 6.07) is 21.2. The Kier molecular flexibility index (Phi) is 6.37. The summed E-state index contributed by atoms with van der Waals surface area (Å²) in [6.45, 7) is 5.44. The standard InChI is InChI=1S/C21H30N2/c1-4-16-21(5-2,20(22)19-14-10-7-11-15-19)23(3)17-18-12-8-6-9-13-18/h6-15,20H,4-5,16-17,22H2,1-3H3. The van der Waals surface area contributed by atoms with Gasteiger partial charge in [0.25, 0.3) is 0 Å². The third-order valence-corrected chi connectivity index (χ3v) is 5.06. The van der Waals surface area contributed by atoms with Gasteiger partial charge >= 0.3 is 0 Å². The Morgan fingerprint density at radius 2 is 1.52 bits per heavy atom. The molecule has 0 radical (unpaired) electrons. The van der Waals surface area contributed by atoms with Crippen LogP contribution in [0, 0.1) is 0 Å². The lowest BCUT2D eigenvalue weighted by Gasteiger charge is -2.46. The predicted octanol–water partition coefficient (Wildman–Crippen LogP) is 4.77. The van der Waals surface area contributed by atoms with Gasteiger partial charge in [0.15, 0.2) is 0 Å². The number of hydrogen-bond donors (Lipinski definition) is 1. The van der Waals surface area contributed by atoms with Crippen LogP contribution in [-0.2, 0) is 6.54 Å². The summed E-state index contributed by atoms with van der Waals surface area (Å²) in [4.78, 5) is 2.46. The summed E-state index contributed by atoms with van der Waals surface area (Å²) < 4.78 is 0. The first-order valence-electron chi connectivity index (χ1n) is 8.69. The molecule has 2 nitrogen and oxygen atoms in total. The molecule has 2 heteroatoms. The van der Waals surface area contributed by atoms with E-state index in [9.17, 15) is 0 Å². The van der Waals surface area contributed by atoms with Gasteiger partial charge < -0.3 is 5.73 Å². The van der Waals surface area contributed by atoms with E-state index in [1.165, 1.54) is 11.1 Å². The molecule has 0 amide bonds. The smallest absolute Gasteiger partial charge is 0.0482 e. The van der Waals surface area contributed by atoms with E-state index in [1.54, 1.807) is 0 Å². The fourth-order valence-electron chi connectivity index (χ4n) is 3.67. The summed E-state index contributed by atoms with van der Waals surface area (Å²) >= 11 is 0. The zero-order valence-electron chi connectivity index (χ0n) is 14.7. The lowest BCUT2D eigenvalue weighted by molar-refractivity contribution is 0.0657. The maximum atomic E-state index is 6.78. The van der Waals surface area contributed by atoms with Crippen molar-refractivity contribution >= 4 is 0 Å². The van der Waals surface area contributed by atoms with E-state index in [0.717, 1.165) is 25.8 Å². The van der Waals surface area contributed by atoms with Crippen LogP contribution in [0.4, 0.5) is 0 Å². The van der Waals surface area contributed by atoms with Gasteiger partial charge in [0.05, 0.1) is 0 Å². The number of hydrogen-bond acceptors (Lipinski definition) is 2. The van der Waals surface area contributed by atoms with Gasteiger partial charge in [0.2, 0.25) is 0 Å². The summed E-state index contributed by atoms with van der Waals surface area (Å²) in [6.07, 6.45) is 3.27. The first kappa shape index (κ1) is 17.7. The molecule has 23 heavy (non-hydrogen) atoms. The molecular formula is C21H30N2. The molecule has 0 aromatic heterocycles. The zero-order valence-corrected chi connectivity index (χ0v) is 14.7. The van der Waals surface area contributed by atoms with Gasteiger partial charge in [-0.15, -0.1) is 0 Å². The third-order valence-electron chi connectivity index (χ3n) is 5.06. The van der Waals surface area contributed by atoms with Crippen molar-refractivity contribution in [2.24, 2.45) is 5.73 Å². The van der Waals surface area contributed by atoms with Crippen LogP contribution in [0.5, 0.6) is 0 Å². The van der Waals surface area contributed by atoms with Crippen molar-refractivity contribution in [1.29, 1.82) is 0 Å². The van der Waals surface area contributed by atoms with Crippen molar-refractivity contribution in [3.63, 3.8) is 0 Å². The van der Waals surface area contributed by atoms with Crippen LogP contribution in [0.15, 0.2) is 60.7 Å². The summed E-state index contributed by atoms with van der Waals surface area (Å²) in [7, 11) is 2.22. The van der Waals surface area contributed by atoms with Crippen LogP contribution in [0.3, 0.4) is 0 Å². The molecule has 0 fully saturated rings. The van der Waals surface area contributed by atoms with E-state index in [4.69, 9.17) is 5.73 Å². The van der Waals surface area contributed by atoms with Crippen molar-refractivity contribution < 1.29 is 0 Å². The lowest BCUT2D eigenvalue weighted by atomic mass is 9.78. The Bertz CT molecular complexity index is 567. The Morgan fingerprint density at radius 3 is 2.04 bits per heavy atom. The highest BCUT2D eigenvalue weighted by atomic mass is 15.2. The molecule has 2 unspecified atom stereocenters. The molecular weight excluding hydrogens is 280 g/mol. The normalized spacial score (nSPS) is 15.3. The number of benzene rings is 2. The van der Waals surface area contributed by atoms with E-state index in [0.29, 0.717) is 0 Å². The van der Waals surface area contributed by atoms with E-state index >= 15 is 0 Å². The summed E-state index contributed by atoms with van der Waals surface area (Å²) in [5.74, 6) is 0. The van der Waals surface area contributed by atoms with Crippen molar-refractivity contribution in [2.45, 2.75) is 51.2 Å². The van der Waals surface area contributed by atoms with Crippen LogP contribution in [0.2, 0.25) is 0 Å². The van der Waals surface area contributed by atoms with Gasteiger partial charge in [0.1, 0.15) is 0 Å². The Hall–Kier alpha value is -1.64. The maximum Gasteiger partial charge on any atom is 0.0482 e. The minimum absolute atomic E-state index is 0.0161. The molecule has 0 bridgehead atoms. The van der Waals surface area contributed by atoms with Crippen molar-refractivity contribution in [2.75, 3.05) is 7.05 Å². The highest BCUT2D eigenvalue weighted by Crippen LogP contribution is 2.37. The van der Waals surface area contributed by atoms with E-state index in [-0.39, 0.29) is 11.6 Å². The van der Waals surface area contributed by atoms with Crippen molar-refractivity contribution in [3.05, 3.63) is 71.8 Å². The monoisotopic (exact) mass is 310 g/mol. The number of likely N-dealkylation sites (N-methyl/N-ethyl adjacent to an activating group) is 1. The topological polar surface area (TPSA) is 29.3 Å². The highest BCUT2D eigenvalue weighted by molar-refractivity contribution is 5.24. The van der Waals surface area contributed by atoms with Crippen LogP contribution in [0.1, 0.15) is 50.3 Å². The van der Waals surface area contributed by atoms with Crippen LogP contribution in [-0.4, -0.2) is 17.5 Å². The van der Waals surface area contributed by atoms with Crippen LogP contribution < -0.4 is 5.73 Å². The first-order valence-corrected chi connectivity index (χ1v) is 8.69. The largest absolute Gasteiger partial charge is 0.322 e. The molecule has 0 saturated heterocycles. The quantitative estimate of drug-likeness (QED) is 0.761. The molecule has 0 spiro atoms. The Balaban J connectivity index is 2.30. The fourth-order valence-corrected chi connectivity index (χ4v) is 3.67. The molecule has 2 atom stereocenters. The van der Waals surface area contributed by atoms with Gasteiger partial charge in [-0.1, -0.05) is 80.9 Å². The molecule has 0 heterocycles. The maximum absolute atomic E-state index is 6.78. The van der Waals surface area contributed by atoms with Gasteiger partial charge in [-0.05, 0) is 31.0 Å². The molecule has 2 aromatic carbocycles. The molecule has 0 aliphatic heterocycles. The second kappa shape index (κ2) is 8.28.